The zero-order chi connectivity index (χ0) is 23.5. The number of aryl methyl sites for hydroxylation is 1. The van der Waals surface area contributed by atoms with Crippen molar-refractivity contribution in [3.63, 3.8) is 0 Å². The summed E-state index contributed by atoms with van der Waals surface area (Å²) >= 11 is 0. The van der Waals surface area contributed by atoms with Crippen LogP contribution in [0.2, 0.25) is 0 Å². The summed E-state index contributed by atoms with van der Waals surface area (Å²) in [6.45, 7) is 10.6. The van der Waals surface area contributed by atoms with Crippen molar-refractivity contribution in [2.45, 2.75) is 79.1 Å². The minimum atomic E-state index is -0.378. The van der Waals surface area contributed by atoms with E-state index in [0.29, 0.717) is 36.7 Å². The Labute approximate surface area is 193 Å². The summed E-state index contributed by atoms with van der Waals surface area (Å²) in [5.74, 6) is 2.35. The molecule has 1 aromatic rings. The van der Waals surface area contributed by atoms with E-state index in [-0.39, 0.29) is 25.2 Å². The van der Waals surface area contributed by atoms with Gasteiger partial charge in [-0.05, 0) is 68.6 Å². The lowest BCUT2D eigenvalue weighted by Crippen LogP contribution is -2.17. The molecule has 0 aliphatic heterocycles. The van der Waals surface area contributed by atoms with Crippen molar-refractivity contribution < 1.29 is 28.5 Å². The fraction of sp³-hybridized carbons (Fsp3) is 0.692. The van der Waals surface area contributed by atoms with Gasteiger partial charge in [0.2, 0.25) is 0 Å². The van der Waals surface area contributed by atoms with Crippen LogP contribution in [-0.4, -0.2) is 38.4 Å². The molecule has 1 aromatic carbocycles. The molecule has 6 nitrogen and oxygen atoms in total. The maximum atomic E-state index is 11.9. The van der Waals surface area contributed by atoms with Crippen LogP contribution >= 0.6 is 0 Å². The van der Waals surface area contributed by atoms with Crippen molar-refractivity contribution in [3.05, 3.63) is 23.3 Å². The van der Waals surface area contributed by atoms with Gasteiger partial charge in [-0.3, -0.25) is 0 Å². The second-order valence-electron chi connectivity index (χ2n) is 8.67. The molecular formula is C26H40O6. The highest BCUT2D eigenvalue weighted by Gasteiger charge is 2.41. The molecule has 0 heterocycles. The second-order valence-corrected chi connectivity index (χ2v) is 8.67. The molecule has 0 radical (unpaired) electrons. The predicted molar refractivity (Wildman–Crippen MR) is 124 cm³/mol. The van der Waals surface area contributed by atoms with Gasteiger partial charge in [0.1, 0.15) is 11.5 Å². The summed E-state index contributed by atoms with van der Waals surface area (Å²) in [5, 5.41) is 0. The normalized spacial score (nSPS) is 18.0. The predicted octanol–water partition coefficient (Wildman–Crippen LogP) is 5.45. The molecule has 0 spiro atoms. The summed E-state index contributed by atoms with van der Waals surface area (Å²) < 4.78 is 21.9. The minimum Gasteiger partial charge on any atom is -0.482 e. The van der Waals surface area contributed by atoms with Crippen LogP contribution in [-0.2, 0) is 25.5 Å². The number of ether oxygens (including phenoxy) is 4. The zero-order valence-corrected chi connectivity index (χ0v) is 20.4. The summed E-state index contributed by atoms with van der Waals surface area (Å²) in [6, 6.07) is 3.99. The van der Waals surface area contributed by atoms with Crippen LogP contribution in [0, 0.1) is 11.8 Å². The van der Waals surface area contributed by atoms with Crippen molar-refractivity contribution in [1.29, 1.82) is 0 Å². The maximum Gasteiger partial charge on any atom is 0.344 e. The monoisotopic (exact) mass is 448 g/mol. The van der Waals surface area contributed by atoms with Crippen molar-refractivity contribution >= 4 is 11.9 Å². The van der Waals surface area contributed by atoms with E-state index in [1.807, 2.05) is 12.1 Å². The first-order valence-corrected chi connectivity index (χ1v) is 12.2. The Morgan fingerprint density at radius 3 is 2.12 bits per heavy atom. The molecule has 1 aliphatic rings. The third kappa shape index (κ3) is 8.03. The molecule has 1 aliphatic carbocycles. The Hall–Kier alpha value is -2.24. The lowest BCUT2D eigenvalue weighted by Gasteiger charge is -2.18. The standard InChI is InChI=1S/C26H40O6/c1-6-10-18(5)12-20-13-21(20)22-15-23(31-16-25(27)29-8-3)19(11-7-2)14-24(22)32-17-26(28)30-9-4/h14-15,18,20-21H,6-13,16-17H2,1-5H3/t18-,20?,21?/m1/s1. The molecule has 2 rings (SSSR count). The first kappa shape index (κ1) is 26.0. The van der Waals surface area contributed by atoms with Gasteiger partial charge in [0.05, 0.1) is 13.2 Å². The van der Waals surface area contributed by atoms with Gasteiger partial charge < -0.3 is 18.9 Å². The first-order valence-electron chi connectivity index (χ1n) is 12.2. The van der Waals surface area contributed by atoms with Gasteiger partial charge in [-0.2, -0.15) is 0 Å². The van der Waals surface area contributed by atoms with Crippen molar-refractivity contribution in [3.8, 4) is 11.5 Å². The van der Waals surface area contributed by atoms with Crippen molar-refractivity contribution in [2.75, 3.05) is 26.4 Å². The SMILES string of the molecule is CCCc1cc(OCC(=O)OCC)c(C2CC2C[C@H](C)CCC)cc1OCC(=O)OCC. The average molecular weight is 449 g/mol. The number of carbonyl (C=O) groups excluding carboxylic acids is 2. The van der Waals surface area contributed by atoms with Crippen LogP contribution in [0.3, 0.4) is 0 Å². The molecular weight excluding hydrogens is 408 g/mol. The fourth-order valence-electron chi connectivity index (χ4n) is 4.33. The van der Waals surface area contributed by atoms with E-state index in [9.17, 15) is 9.59 Å². The van der Waals surface area contributed by atoms with Crippen molar-refractivity contribution in [1.82, 2.24) is 0 Å². The van der Waals surface area contributed by atoms with Gasteiger partial charge in [-0.25, -0.2) is 9.59 Å². The number of hydrogen-bond donors (Lipinski definition) is 0. The van der Waals surface area contributed by atoms with Gasteiger partial charge in [0, 0.05) is 5.56 Å². The molecule has 0 N–H and O–H groups in total. The largest absolute Gasteiger partial charge is 0.482 e. The number of benzene rings is 1. The lowest BCUT2D eigenvalue weighted by atomic mass is 9.96. The van der Waals surface area contributed by atoms with Gasteiger partial charge in [-0.15, -0.1) is 0 Å². The third-order valence-electron chi connectivity index (χ3n) is 5.82. The number of carbonyl (C=O) groups is 2. The molecule has 32 heavy (non-hydrogen) atoms. The molecule has 0 saturated heterocycles. The third-order valence-corrected chi connectivity index (χ3v) is 5.82. The van der Waals surface area contributed by atoms with Crippen LogP contribution < -0.4 is 9.47 Å². The lowest BCUT2D eigenvalue weighted by molar-refractivity contribution is -0.146. The van der Waals surface area contributed by atoms with E-state index >= 15 is 0 Å². The van der Waals surface area contributed by atoms with Gasteiger partial charge in [0.25, 0.3) is 0 Å². The molecule has 0 aromatic heterocycles. The summed E-state index contributed by atoms with van der Waals surface area (Å²) in [7, 11) is 0. The van der Waals surface area contributed by atoms with Crippen molar-refractivity contribution in [2.24, 2.45) is 11.8 Å². The van der Waals surface area contributed by atoms with E-state index in [2.05, 4.69) is 20.8 Å². The highest BCUT2D eigenvalue weighted by Crippen LogP contribution is 2.54. The quantitative estimate of drug-likeness (QED) is 0.332. The highest BCUT2D eigenvalue weighted by molar-refractivity contribution is 5.72. The van der Waals surface area contributed by atoms with Crippen LogP contribution in [0.25, 0.3) is 0 Å². The van der Waals surface area contributed by atoms with E-state index in [1.165, 1.54) is 19.3 Å². The zero-order valence-electron chi connectivity index (χ0n) is 20.4. The van der Waals surface area contributed by atoms with E-state index in [1.54, 1.807) is 13.8 Å². The molecule has 180 valence electrons. The topological polar surface area (TPSA) is 71.1 Å². The summed E-state index contributed by atoms with van der Waals surface area (Å²) in [6.07, 6.45) is 6.44. The van der Waals surface area contributed by atoms with Crippen LogP contribution in [0.5, 0.6) is 11.5 Å². The first-order chi connectivity index (χ1) is 15.4. The van der Waals surface area contributed by atoms with Crippen LogP contribution in [0.15, 0.2) is 12.1 Å². The molecule has 0 amide bonds. The number of hydrogen-bond acceptors (Lipinski definition) is 6. The van der Waals surface area contributed by atoms with Gasteiger partial charge in [-0.1, -0.05) is 40.0 Å². The second kappa shape index (κ2) is 13.3. The van der Waals surface area contributed by atoms with Gasteiger partial charge in [0.15, 0.2) is 13.2 Å². The Morgan fingerprint density at radius 2 is 1.56 bits per heavy atom. The molecule has 1 fully saturated rings. The smallest absolute Gasteiger partial charge is 0.344 e. The maximum absolute atomic E-state index is 11.9. The summed E-state index contributed by atoms with van der Waals surface area (Å²) in [4.78, 5) is 23.7. The van der Waals surface area contributed by atoms with E-state index in [4.69, 9.17) is 18.9 Å². The Kier molecular flexibility index (Phi) is 10.8. The van der Waals surface area contributed by atoms with Gasteiger partial charge >= 0.3 is 11.9 Å². The summed E-state index contributed by atoms with van der Waals surface area (Å²) in [5.41, 5.74) is 2.03. The highest BCUT2D eigenvalue weighted by atomic mass is 16.6. The average Bonchev–Trinajstić information content (AvgIpc) is 3.50. The number of esters is 2. The Balaban J connectivity index is 2.25. The molecule has 0 bridgehead atoms. The van der Waals surface area contributed by atoms with E-state index in [0.717, 1.165) is 36.1 Å². The van der Waals surface area contributed by atoms with E-state index < -0.39 is 0 Å². The molecule has 2 unspecified atom stereocenters. The Bertz CT molecular complexity index is 744. The minimum absolute atomic E-state index is 0.112. The fourth-order valence-corrected chi connectivity index (χ4v) is 4.33. The number of rotatable bonds is 15. The van der Waals surface area contributed by atoms with Crippen LogP contribution in [0.4, 0.5) is 0 Å². The molecule has 1 saturated carbocycles. The van der Waals surface area contributed by atoms with Crippen LogP contribution in [0.1, 0.15) is 83.8 Å². The molecule has 6 heteroatoms. The molecule has 3 atom stereocenters. The Morgan fingerprint density at radius 1 is 0.938 bits per heavy atom.